The minimum absolute atomic E-state index is 0.0523. The Kier molecular flexibility index (Phi) is 12.4. The third-order valence-corrected chi connectivity index (χ3v) is 15.1. The first kappa shape index (κ1) is 48.2. The van der Waals surface area contributed by atoms with Gasteiger partial charge in [-0.05, 0) is 134 Å². The summed E-state index contributed by atoms with van der Waals surface area (Å²) in [5.41, 5.74) is 18.9. The first-order valence-corrected chi connectivity index (χ1v) is 26.5. The van der Waals surface area contributed by atoms with Gasteiger partial charge in [0.1, 0.15) is 29.8 Å². The van der Waals surface area contributed by atoms with Crippen LogP contribution in [0.15, 0.2) is 219 Å². The van der Waals surface area contributed by atoms with Crippen LogP contribution in [0.1, 0.15) is 77.0 Å². The molecule has 1 aliphatic heterocycles. The van der Waals surface area contributed by atoms with E-state index in [0.717, 1.165) is 89.7 Å². The largest absolute Gasteiger partial charge is 0.457 e. The smallest absolute Gasteiger partial charge is 0.137 e. The number of benzene rings is 9. The van der Waals surface area contributed by atoms with Gasteiger partial charge in [-0.2, -0.15) is 0 Å². The molecule has 12 rings (SSSR count). The van der Waals surface area contributed by atoms with Gasteiger partial charge in [-0.15, -0.1) is 0 Å². The number of nitrogens with zero attached hydrogens (tertiary/aromatic N) is 4. The minimum Gasteiger partial charge on any atom is -0.457 e. The molecule has 1 aliphatic rings. The molecule has 6 heteroatoms. The average molecular weight is 993 g/mol. The number of anilines is 4. The Morgan fingerprint density at radius 1 is 0.487 bits per heavy atom. The van der Waals surface area contributed by atoms with Crippen LogP contribution in [-0.4, -0.2) is 16.2 Å². The van der Waals surface area contributed by atoms with E-state index < -0.39 is 0 Å². The van der Waals surface area contributed by atoms with Gasteiger partial charge in [0.05, 0.1) is 28.1 Å². The van der Waals surface area contributed by atoms with Gasteiger partial charge >= 0.3 is 0 Å². The average Bonchev–Trinajstić information content (AvgIpc) is 4.10. The first-order valence-electron chi connectivity index (χ1n) is 26.5. The number of rotatable bonds is 11. The quantitative estimate of drug-likeness (QED) is 0.129. The van der Waals surface area contributed by atoms with E-state index in [1.807, 2.05) is 18.3 Å². The van der Waals surface area contributed by atoms with E-state index in [1.54, 1.807) is 12.1 Å². The molecule has 76 heavy (non-hydrogen) atoms. The van der Waals surface area contributed by atoms with Crippen molar-refractivity contribution in [1.82, 2.24) is 9.55 Å². The monoisotopic (exact) mass is 992 g/mol. The van der Waals surface area contributed by atoms with Gasteiger partial charge < -0.3 is 14.5 Å². The second-order valence-corrected chi connectivity index (χ2v) is 21.8. The van der Waals surface area contributed by atoms with Gasteiger partial charge in [0.2, 0.25) is 0 Å². The van der Waals surface area contributed by atoms with Gasteiger partial charge in [-0.1, -0.05) is 182 Å². The molecule has 0 fully saturated rings. The van der Waals surface area contributed by atoms with E-state index in [1.165, 1.54) is 33.4 Å². The Hall–Kier alpha value is -8.74. The number of hydrogen-bond acceptors (Lipinski definition) is 4. The topological polar surface area (TPSA) is 33.5 Å². The molecular weight excluding hydrogens is 932 g/mol. The van der Waals surface area contributed by atoms with Gasteiger partial charge in [0.15, 0.2) is 0 Å². The maximum absolute atomic E-state index is 14.6. The number of pyridine rings is 1. The third-order valence-electron chi connectivity index (χ3n) is 15.1. The summed E-state index contributed by atoms with van der Waals surface area (Å²) in [7, 11) is 0. The van der Waals surface area contributed by atoms with E-state index in [-0.39, 0.29) is 23.1 Å². The van der Waals surface area contributed by atoms with E-state index in [2.05, 4.69) is 251 Å². The zero-order valence-corrected chi connectivity index (χ0v) is 44.2. The van der Waals surface area contributed by atoms with Gasteiger partial charge in [-0.3, -0.25) is 4.57 Å². The Balaban J connectivity index is 1.06. The van der Waals surface area contributed by atoms with Crippen LogP contribution in [0.3, 0.4) is 0 Å². The van der Waals surface area contributed by atoms with Crippen molar-refractivity contribution in [2.75, 3.05) is 16.5 Å². The van der Waals surface area contributed by atoms with E-state index in [0.29, 0.717) is 6.67 Å². The summed E-state index contributed by atoms with van der Waals surface area (Å²) in [6, 6.07) is 74.2. The molecule has 9 aromatic carbocycles. The lowest BCUT2D eigenvalue weighted by Gasteiger charge is -2.28. The van der Waals surface area contributed by atoms with Gasteiger partial charge in [-0.25, -0.2) is 9.37 Å². The lowest BCUT2D eigenvalue weighted by atomic mass is 9.82. The molecule has 0 amide bonds. The van der Waals surface area contributed by atoms with Crippen molar-refractivity contribution in [3.63, 3.8) is 0 Å². The zero-order valence-electron chi connectivity index (χ0n) is 44.2. The maximum Gasteiger partial charge on any atom is 0.137 e. The number of fused-ring (bicyclic) bond motifs is 4. The molecule has 0 atom stereocenters. The van der Waals surface area contributed by atoms with Crippen molar-refractivity contribution < 1.29 is 9.13 Å². The first-order chi connectivity index (χ1) is 36.9. The van der Waals surface area contributed by atoms with Crippen molar-refractivity contribution in [3.05, 3.63) is 241 Å². The number of ether oxygens (including phenoxy) is 1. The molecule has 0 N–H and O–H groups in total. The van der Waals surface area contributed by atoms with E-state index >= 15 is 0 Å². The molecule has 2 aromatic heterocycles. The fourth-order valence-corrected chi connectivity index (χ4v) is 11.2. The second-order valence-electron chi connectivity index (χ2n) is 21.8. The van der Waals surface area contributed by atoms with Crippen LogP contribution in [0.4, 0.5) is 27.1 Å². The molecule has 3 heterocycles. The van der Waals surface area contributed by atoms with Crippen LogP contribution in [0.5, 0.6) is 11.5 Å². The maximum atomic E-state index is 14.6. The molecule has 0 radical (unpaired) electrons. The van der Waals surface area contributed by atoms with E-state index in [9.17, 15) is 4.39 Å². The molecule has 0 bridgehead atoms. The summed E-state index contributed by atoms with van der Waals surface area (Å²) < 4.78 is 24.1. The molecule has 0 spiro atoms. The normalized spacial score (nSPS) is 12.6. The van der Waals surface area contributed by atoms with E-state index in [4.69, 9.17) is 9.72 Å². The molecule has 11 aromatic rings. The summed E-state index contributed by atoms with van der Waals surface area (Å²) in [5, 5.41) is 2.29. The Bertz CT molecular complexity index is 3920. The Morgan fingerprint density at radius 2 is 1.09 bits per heavy atom. The van der Waals surface area contributed by atoms with Crippen molar-refractivity contribution >= 4 is 44.6 Å². The molecule has 374 valence electrons. The lowest BCUT2D eigenvalue weighted by molar-refractivity contribution is 0.483. The number of aromatic nitrogens is 2. The van der Waals surface area contributed by atoms with Crippen molar-refractivity contribution in [3.8, 4) is 61.8 Å². The highest BCUT2D eigenvalue weighted by molar-refractivity contribution is 6.09. The predicted octanol–water partition coefficient (Wildman–Crippen LogP) is 19.6. The van der Waals surface area contributed by atoms with Gasteiger partial charge in [0, 0.05) is 45.9 Å². The SMILES string of the molecule is CC(C)c1cc(-c2ccccc2)cc(C(C)C)c1-c1cc(Oc2ccc3c4ccccc4n(-c4cc(C(C)(C)C)ccn4)c3c2)cc(N2CN(c3c(-c4ccccc4)cccc3-c3ccc(F)cc3)c3ccccc32)c1. The van der Waals surface area contributed by atoms with Crippen molar-refractivity contribution in [2.24, 2.45) is 0 Å². The minimum atomic E-state index is -0.263. The third kappa shape index (κ3) is 8.87. The fraction of sp³-hybridized carbons (Fsp3) is 0.157. The Labute approximate surface area is 446 Å². The van der Waals surface area contributed by atoms with Crippen molar-refractivity contribution in [1.29, 1.82) is 0 Å². The number of para-hydroxylation sites is 4. The summed E-state index contributed by atoms with van der Waals surface area (Å²) in [4.78, 5) is 9.81. The summed E-state index contributed by atoms with van der Waals surface area (Å²) >= 11 is 0. The second kappa shape index (κ2) is 19.5. The van der Waals surface area contributed by atoms with Crippen LogP contribution >= 0.6 is 0 Å². The highest BCUT2D eigenvalue weighted by atomic mass is 19.1. The summed E-state index contributed by atoms with van der Waals surface area (Å²) in [5.74, 6) is 2.51. The number of halogens is 1. The standard InChI is InChI=1S/C70H61FN4O/c1-45(2)61-39-50(47-19-10-8-11-20-47)40-62(46(3)4)68(61)51-37-54(42-56(38-51)76-55-33-34-60-59-23-14-15-26-63(59)75(66(60)43-55)67-41-52(35-36-72-67)70(5,6)7)73-44-74(65-28-17-16-27-64(65)73)69-57(48-21-12-9-13-22-48)24-18-25-58(69)49-29-31-53(71)32-30-49/h8-43,45-46H,44H2,1-7H3. The molecular formula is C70H61FN4O. The van der Waals surface area contributed by atoms with Crippen LogP contribution in [0.2, 0.25) is 0 Å². The molecule has 0 aliphatic carbocycles. The highest BCUT2D eigenvalue weighted by Gasteiger charge is 2.32. The van der Waals surface area contributed by atoms with Gasteiger partial charge in [0.25, 0.3) is 0 Å². The highest BCUT2D eigenvalue weighted by Crippen LogP contribution is 2.52. The zero-order chi connectivity index (χ0) is 52.2. The number of hydrogen-bond donors (Lipinski definition) is 0. The van der Waals surface area contributed by atoms with Crippen LogP contribution in [0, 0.1) is 5.82 Å². The van der Waals surface area contributed by atoms with Crippen LogP contribution in [-0.2, 0) is 5.41 Å². The lowest BCUT2D eigenvalue weighted by Crippen LogP contribution is -2.25. The molecule has 0 saturated heterocycles. The summed E-state index contributed by atoms with van der Waals surface area (Å²) in [6.45, 7) is 16.4. The molecule has 0 saturated carbocycles. The molecule has 5 nitrogen and oxygen atoms in total. The summed E-state index contributed by atoms with van der Waals surface area (Å²) in [6.07, 6.45) is 1.93. The Morgan fingerprint density at radius 3 is 1.76 bits per heavy atom. The van der Waals surface area contributed by atoms with Crippen LogP contribution in [0.25, 0.3) is 72.1 Å². The fourth-order valence-electron chi connectivity index (χ4n) is 11.2. The molecule has 0 unspecified atom stereocenters. The van der Waals surface area contributed by atoms with Crippen LogP contribution < -0.4 is 14.5 Å². The predicted molar refractivity (Wildman–Crippen MR) is 316 cm³/mol. The van der Waals surface area contributed by atoms with Crippen molar-refractivity contribution in [2.45, 2.75) is 65.7 Å².